The average molecular weight is 506 g/mol. The Labute approximate surface area is 219 Å². The molecule has 5 N–H and O–H groups in total. The molecule has 3 heterocycles. The van der Waals surface area contributed by atoms with E-state index in [1.807, 2.05) is 29.1 Å². The summed E-state index contributed by atoms with van der Waals surface area (Å²) in [6, 6.07) is 6.63. The summed E-state index contributed by atoms with van der Waals surface area (Å²) in [6.07, 6.45) is 5.26. The van der Waals surface area contributed by atoms with E-state index >= 15 is 0 Å². The monoisotopic (exact) mass is 505 g/mol. The number of nitrogens with two attached hydrogens (primary N) is 1. The van der Waals surface area contributed by atoms with E-state index < -0.39 is 0 Å². The largest absolute Gasteiger partial charge is 0.394 e. The van der Waals surface area contributed by atoms with E-state index in [4.69, 9.17) is 10.5 Å². The van der Waals surface area contributed by atoms with Gasteiger partial charge < -0.3 is 30.9 Å². The van der Waals surface area contributed by atoms with Gasteiger partial charge in [0.2, 0.25) is 5.91 Å². The normalized spacial score (nSPS) is 20.8. The van der Waals surface area contributed by atoms with E-state index in [0.29, 0.717) is 56.0 Å². The maximum absolute atomic E-state index is 12.3. The lowest BCUT2D eigenvalue weighted by atomic mass is 9.88. The molecule has 9 nitrogen and oxygen atoms in total. The van der Waals surface area contributed by atoms with Crippen molar-refractivity contribution in [2.24, 2.45) is 11.7 Å². The summed E-state index contributed by atoms with van der Waals surface area (Å²) < 4.78 is 5.53. The Morgan fingerprint density at radius 3 is 2.76 bits per heavy atom. The number of carbonyl (C=O) groups excluding carboxylic acids is 1. The van der Waals surface area contributed by atoms with Crippen LogP contribution in [0.1, 0.15) is 49.8 Å². The summed E-state index contributed by atoms with van der Waals surface area (Å²) in [4.78, 5) is 16.1. The van der Waals surface area contributed by atoms with Crippen LogP contribution < -0.4 is 21.3 Å². The van der Waals surface area contributed by atoms with Crippen molar-refractivity contribution >= 4 is 23.0 Å². The zero-order valence-corrected chi connectivity index (χ0v) is 22.2. The van der Waals surface area contributed by atoms with E-state index in [9.17, 15) is 15.5 Å². The molecule has 3 aliphatic heterocycles. The number of amidine groups is 1. The minimum atomic E-state index is 0.0184. The third-order valence-electron chi connectivity index (χ3n) is 7.52. The fourth-order valence-electron chi connectivity index (χ4n) is 5.55. The number of rotatable bonds is 6. The lowest BCUT2D eigenvalue weighted by molar-refractivity contribution is -0.128. The van der Waals surface area contributed by atoms with Gasteiger partial charge in [0.25, 0.3) is 0 Å². The SMILES string of the molecule is CN/C=C(\CN)c1cc2c(cc1C#N)N(C(=N)C1=C(NC3CCOCC3)CCN(C(C)=O)C1)C[C@@H](C)C2. The maximum Gasteiger partial charge on any atom is 0.219 e. The molecule has 0 spiro atoms. The number of benzene rings is 1. The van der Waals surface area contributed by atoms with Crippen LogP contribution in [0.4, 0.5) is 5.69 Å². The summed E-state index contributed by atoms with van der Waals surface area (Å²) in [5.41, 5.74) is 12.2. The molecule has 1 amide bonds. The summed E-state index contributed by atoms with van der Waals surface area (Å²) in [6.45, 7) is 7.30. The van der Waals surface area contributed by atoms with Crippen LogP contribution in [0.5, 0.6) is 0 Å². The number of carbonyl (C=O) groups is 1. The number of ether oxygens (including phenoxy) is 1. The van der Waals surface area contributed by atoms with E-state index in [2.05, 4.69) is 29.7 Å². The lowest BCUT2D eigenvalue weighted by Crippen LogP contribution is -2.47. The van der Waals surface area contributed by atoms with Gasteiger partial charge in [-0.25, -0.2) is 0 Å². The van der Waals surface area contributed by atoms with Crippen LogP contribution in [0, 0.1) is 22.7 Å². The lowest BCUT2D eigenvalue weighted by Gasteiger charge is -2.39. The molecular formula is C28H39N7O2. The molecule has 37 heavy (non-hydrogen) atoms. The molecule has 0 saturated carbocycles. The van der Waals surface area contributed by atoms with Gasteiger partial charge in [-0.05, 0) is 54.0 Å². The zero-order valence-electron chi connectivity index (χ0n) is 22.2. The van der Waals surface area contributed by atoms with Crippen LogP contribution in [0.3, 0.4) is 0 Å². The highest BCUT2D eigenvalue weighted by Gasteiger charge is 2.32. The first kappa shape index (κ1) is 26.7. The van der Waals surface area contributed by atoms with Gasteiger partial charge in [0.15, 0.2) is 0 Å². The molecule has 198 valence electrons. The van der Waals surface area contributed by atoms with Gasteiger partial charge in [-0.1, -0.05) is 6.92 Å². The molecule has 0 aromatic heterocycles. The van der Waals surface area contributed by atoms with Crippen LogP contribution in [0.2, 0.25) is 0 Å². The predicted molar refractivity (Wildman–Crippen MR) is 146 cm³/mol. The number of fused-ring (bicyclic) bond motifs is 1. The predicted octanol–water partition coefficient (Wildman–Crippen LogP) is 2.33. The number of anilines is 1. The second-order valence-electron chi connectivity index (χ2n) is 10.2. The minimum absolute atomic E-state index is 0.0184. The Hall–Kier alpha value is -3.35. The molecule has 0 unspecified atom stereocenters. The van der Waals surface area contributed by atoms with Crippen molar-refractivity contribution in [3.8, 4) is 6.07 Å². The van der Waals surface area contributed by atoms with Crippen LogP contribution in [0.15, 0.2) is 29.6 Å². The molecular weight excluding hydrogens is 466 g/mol. The Morgan fingerprint density at radius 1 is 1.35 bits per heavy atom. The van der Waals surface area contributed by atoms with Crippen molar-refractivity contribution in [3.63, 3.8) is 0 Å². The number of nitrogens with one attached hydrogen (secondary N) is 3. The average Bonchev–Trinajstić information content (AvgIpc) is 2.90. The molecule has 0 aliphatic carbocycles. The molecule has 9 heteroatoms. The molecule has 0 bridgehead atoms. The fraction of sp³-hybridized carbons (Fsp3) is 0.536. The zero-order chi connectivity index (χ0) is 26.5. The number of hydrogen-bond acceptors (Lipinski definition) is 7. The number of amides is 1. The molecule has 1 saturated heterocycles. The highest BCUT2D eigenvalue weighted by atomic mass is 16.5. The van der Waals surface area contributed by atoms with Crippen molar-refractivity contribution in [1.82, 2.24) is 15.5 Å². The van der Waals surface area contributed by atoms with Gasteiger partial charge >= 0.3 is 0 Å². The Kier molecular flexibility index (Phi) is 8.52. The fourth-order valence-corrected chi connectivity index (χ4v) is 5.55. The molecule has 1 aromatic rings. The van der Waals surface area contributed by atoms with Crippen molar-refractivity contribution in [1.29, 1.82) is 10.7 Å². The summed E-state index contributed by atoms with van der Waals surface area (Å²) in [7, 11) is 1.82. The molecule has 1 atom stereocenters. The van der Waals surface area contributed by atoms with E-state index in [1.54, 1.807) is 6.92 Å². The first-order valence-electron chi connectivity index (χ1n) is 13.2. The minimum Gasteiger partial charge on any atom is -0.394 e. The smallest absolute Gasteiger partial charge is 0.219 e. The van der Waals surface area contributed by atoms with Crippen LogP contribution >= 0.6 is 0 Å². The van der Waals surface area contributed by atoms with Gasteiger partial charge in [0, 0.05) is 82.4 Å². The molecule has 1 aromatic carbocycles. The number of nitriles is 1. The van der Waals surface area contributed by atoms with Gasteiger partial charge in [-0.3, -0.25) is 10.2 Å². The Morgan fingerprint density at radius 2 is 2.11 bits per heavy atom. The number of nitrogens with zero attached hydrogens (tertiary/aromatic N) is 3. The van der Waals surface area contributed by atoms with Crippen LogP contribution in [-0.4, -0.2) is 69.1 Å². The van der Waals surface area contributed by atoms with Crippen molar-refractivity contribution in [2.45, 2.75) is 45.6 Å². The van der Waals surface area contributed by atoms with E-state index in [-0.39, 0.29) is 5.91 Å². The molecule has 4 rings (SSSR count). The third-order valence-corrected chi connectivity index (χ3v) is 7.52. The highest BCUT2D eigenvalue weighted by molar-refractivity contribution is 6.09. The van der Waals surface area contributed by atoms with Gasteiger partial charge in [0.1, 0.15) is 5.84 Å². The van der Waals surface area contributed by atoms with Gasteiger partial charge in [-0.2, -0.15) is 5.26 Å². The van der Waals surface area contributed by atoms with Crippen molar-refractivity contribution < 1.29 is 9.53 Å². The van der Waals surface area contributed by atoms with Gasteiger partial charge in [0.05, 0.1) is 18.2 Å². The van der Waals surface area contributed by atoms with E-state index in [0.717, 1.165) is 66.1 Å². The van der Waals surface area contributed by atoms with E-state index in [1.165, 1.54) is 0 Å². The van der Waals surface area contributed by atoms with Crippen LogP contribution in [0.25, 0.3) is 5.57 Å². The maximum atomic E-state index is 12.3. The first-order chi connectivity index (χ1) is 17.9. The van der Waals surface area contributed by atoms with Gasteiger partial charge in [-0.15, -0.1) is 0 Å². The quantitative estimate of drug-likeness (QED) is 0.345. The molecule has 3 aliphatic rings. The summed E-state index contributed by atoms with van der Waals surface area (Å²) in [5.74, 6) is 0.739. The standard InChI is InChI=1S/C28H39N7O2/c1-18-10-20-11-24(22(14-30)15-32-3)21(13-29)12-27(20)35(16-18)28(31)25-17-34(19(2)36)7-4-26(25)33-23-5-8-37-9-6-23/h11-12,15,18,23,31-33H,4-10,14,16-17,30H2,1-3H3/b22-15+,31-28?/t18-/m0/s1. The summed E-state index contributed by atoms with van der Waals surface area (Å²) >= 11 is 0. The van der Waals surface area contributed by atoms with Crippen molar-refractivity contribution in [2.75, 3.05) is 51.3 Å². The second kappa shape index (κ2) is 11.8. The van der Waals surface area contributed by atoms with Crippen molar-refractivity contribution in [3.05, 3.63) is 46.3 Å². The highest BCUT2D eigenvalue weighted by Crippen LogP contribution is 2.36. The molecule has 0 radical (unpaired) electrons. The summed E-state index contributed by atoms with van der Waals surface area (Å²) in [5, 5.41) is 26.1. The second-order valence-corrected chi connectivity index (χ2v) is 10.2. The first-order valence-corrected chi connectivity index (χ1v) is 13.2. The Balaban J connectivity index is 1.74. The topological polar surface area (TPSA) is 130 Å². The molecule has 1 fully saturated rings. The third kappa shape index (κ3) is 5.81. The van der Waals surface area contributed by atoms with Crippen LogP contribution in [-0.2, 0) is 16.0 Å². The Bertz CT molecular complexity index is 1140. The number of hydrogen-bond donors (Lipinski definition) is 4.